The fourth-order valence-electron chi connectivity index (χ4n) is 3.83. The van der Waals surface area contributed by atoms with E-state index in [0.717, 1.165) is 44.9 Å². The summed E-state index contributed by atoms with van der Waals surface area (Å²) >= 11 is 0. The SMILES string of the molecule is CCCCCCCCC(O)C(O)CCCCCCCCCCCCCC(=O)OC. The van der Waals surface area contributed by atoms with Crippen LogP contribution < -0.4 is 0 Å². The lowest BCUT2D eigenvalue weighted by molar-refractivity contribution is -0.140. The molecule has 0 aliphatic carbocycles. The molecule has 0 aromatic rings. The topological polar surface area (TPSA) is 66.8 Å². The van der Waals surface area contributed by atoms with Gasteiger partial charge in [-0.3, -0.25) is 4.79 Å². The van der Waals surface area contributed by atoms with Gasteiger partial charge in [0.1, 0.15) is 0 Å². The highest BCUT2D eigenvalue weighted by Gasteiger charge is 2.15. The first-order chi connectivity index (χ1) is 14.1. The highest BCUT2D eigenvalue weighted by molar-refractivity contribution is 5.68. The van der Waals surface area contributed by atoms with Crippen LogP contribution in [0.1, 0.15) is 135 Å². The number of rotatable bonds is 22. The lowest BCUT2D eigenvalue weighted by atomic mass is 9.99. The number of aliphatic hydroxyl groups excluding tert-OH is 2. The summed E-state index contributed by atoms with van der Waals surface area (Å²) in [6.07, 6.45) is 21.5. The summed E-state index contributed by atoms with van der Waals surface area (Å²) in [5, 5.41) is 20.2. The van der Waals surface area contributed by atoms with E-state index in [0.29, 0.717) is 6.42 Å². The van der Waals surface area contributed by atoms with Gasteiger partial charge in [-0.25, -0.2) is 0 Å². The molecule has 0 aromatic carbocycles. The van der Waals surface area contributed by atoms with Crippen molar-refractivity contribution >= 4 is 5.97 Å². The Kier molecular flexibility index (Phi) is 21.6. The first kappa shape index (κ1) is 28.4. The predicted molar refractivity (Wildman–Crippen MR) is 122 cm³/mol. The van der Waals surface area contributed by atoms with Crippen molar-refractivity contribution in [3.63, 3.8) is 0 Å². The van der Waals surface area contributed by atoms with Gasteiger partial charge in [0.25, 0.3) is 0 Å². The van der Waals surface area contributed by atoms with Crippen LogP contribution in [0.4, 0.5) is 0 Å². The quantitative estimate of drug-likeness (QED) is 0.153. The van der Waals surface area contributed by atoms with E-state index >= 15 is 0 Å². The van der Waals surface area contributed by atoms with E-state index in [1.807, 2.05) is 0 Å². The van der Waals surface area contributed by atoms with Crippen LogP contribution in [0, 0.1) is 0 Å². The van der Waals surface area contributed by atoms with Crippen molar-refractivity contribution in [3.05, 3.63) is 0 Å². The highest BCUT2D eigenvalue weighted by atomic mass is 16.5. The summed E-state index contributed by atoms with van der Waals surface area (Å²) in [5.41, 5.74) is 0. The number of esters is 1. The minimum atomic E-state index is -0.537. The van der Waals surface area contributed by atoms with E-state index in [2.05, 4.69) is 11.7 Å². The Morgan fingerprint density at radius 1 is 0.621 bits per heavy atom. The number of methoxy groups -OCH3 is 1. The molecule has 0 spiro atoms. The third kappa shape index (κ3) is 20.4. The first-order valence-corrected chi connectivity index (χ1v) is 12.5. The van der Waals surface area contributed by atoms with Crippen molar-refractivity contribution in [1.29, 1.82) is 0 Å². The number of unbranched alkanes of at least 4 members (excludes halogenated alkanes) is 15. The second-order valence-corrected chi connectivity index (χ2v) is 8.70. The molecule has 0 aliphatic rings. The minimum Gasteiger partial charge on any atom is -0.469 e. The van der Waals surface area contributed by atoms with Crippen molar-refractivity contribution < 1.29 is 19.7 Å². The van der Waals surface area contributed by atoms with Gasteiger partial charge in [-0.05, 0) is 19.3 Å². The summed E-state index contributed by atoms with van der Waals surface area (Å²) < 4.78 is 4.64. The molecule has 2 unspecified atom stereocenters. The van der Waals surface area contributed by atoms with Crippen molar-refractivity contribution in [2.45, 2.75) is 148 Å². The number of hydrogen-bond donors (Lipinski definition) is 2. The monoisotopic (exact) mass is 414 g/mol. The molecule has 2 atom stereocenters. The van der Waals surface area contributed by atoms with Gasteiger partial charge in [0.05, 0.1) is 19.3 Å². The molecular weight excluding hydrogens is 364 g/mol. The zero-order chi connectivity index (χ0) is 21.6. The molecule has 4 nitrogen and oxygen atoms in total. The van der Waals surface area contributed by atoms with Crippen LogP contribution in [0.15, 0.2) is 0 Å². The van der Waals surface area contributed by atoms with Crippen LogP contribution in [0.2, 0.25) is 0 Å². The molecule has 174 valence electrons. The van der Waals surface area contributed by atoms with E-state index in [1.54, 1.807) is 0 Å². The number of aliphatic hydroxyl groups is 2. The molecule has 0 aliphatic heterocycles. The van der Waals surface area contributed by atoms with Crippen molar-refractivity contribution in [1.82, 2.24) is 0 Å². The van der Waals surface area contributed by atoms with E-state index in [9.17, 15) is 15.0 Å². The molecule has 0 fully saturated rings. The molecule has 0 heterocycles. The number of carbonyl (C=O) groups is 1. The maximum Gasteiger partial charge on any atom is 0.305 e. The van der Waals surface area contributed by atoms with Crippen molar-refractivity contribution in [2.24, 2.45) is 0 Å². The first-order valence-electron chi connectivity index (χ1n) is 12.5. The van der Waals surface area contributed by atoms with E-state index in [1.165, 1.54) is 84.2 Å². The zero-order valence-corrected chi connectivity index (χ0v) is 19.5. The molecule has 0 radical (unpaired) electrons. The Balaban J connectivity index is 3.29. The summed E-state index contributed by atoms with van der Waals surface area (Å²) in [4.78, 5) is 11.0. The van der Waals surface area contributed by atoms with Crippen LogP contribution in [-0.2, 0) is 9.53 Å². The van der Waals surface area contributed by atoms with Gasteiger partial charge in [0.15, 0.2) is 0 Å². The Bertz CT molecular complexity index is 346. The van der Waals surface area contributed by atoms with E-state index < -0.39 is 12.2 Å². The number of hydrogen-bond acceptors (Lipinski definition) is 4. The average Bonchev–Trinajstić information content (AvgIpc) is 2.73. The fourth-order valence-corrected chi connectivity index (χ4v) is 3.83. The van der Waals surface area contributed by atoms with Gasteiger partial charge in [-0.2, -0.15) is 0 Å². The summed E-state index contributed by atoms with van der Waals surface area (Å²) in [5.74, 6) is -0.0927. The normalized spacial score (nSPS) is 13.4. The Morgan fingerprint density at radius 3 is 1.34 bits per heavy atom. The molecule has 2 N–H and O–H groups in total. The standard InChI is InChI=1S/C25H50O4/c1-3-4-5-6-14-17-20-23(26)24(27)21-18-15-12-10-8-7-9-11-13-16-19-22-25(28)29-2/h23-24,26-27H,3-22H2,1-2H3. The van der Waals surface area contributed by atoms with Gasteiger partial charge in [0, 0.05) is 6.42 Å². The van der Waals surface area contributed by atoms with E-state index in [-0.39, 0.29) is 5.97 Å². The predicted octanol–water partition coefficient (Wildman–Crippen LogP) is 6.70. The maximum absolute atomic E-state index is 11.0. The molecule has 0 saturated heterocycles. The van der Waals surface area contributed by atoms with Crippen LogP contribution in [0.25, 0.3) is 0 Å². The second-order valence-electron chi connectivity index (χ2n) is 8.70. The third-order valence-corrected chi connectivity index (χ3v) is 5.91. The number of ether oxygens (including phenoxy) is 1. The van der Waals surface area contributed by atoms with Crippen LogP contribution in [0.3, 0.4) is 0 Å². The molecule has 0 saturated carbocycles. The van der Waals surface area contributed by atoms with Crippen LogP contribution >= 0.6 is 0 Å². The lowest BCUT2D eigenvalue weighted by Gasteiger charge is -2.17. The molecule has 0 aromatic heterocycles. The Hall–Kier alpha value is -0.610. The Morgan fingerprint density at radius 2 is 0.966 bits per heavy atom. The van der Waals surface area contributed by atoms with Gasteiger partial charge in [-0.1, -0.05) is 110 Å². The molecule has 29 heavy (non-hydrogen) atoms. The Labute approximate surface area is 180 Å². The molecule has 4 heteroatoms. The summed E-state index contributed by atoms with van der Waals surface area (Å²) in [7, 11) is 1.45. The van der Waals surface area contributed by atoms with Gasteiger partial charge >= 0.3 is 5.97 Å². The lowest BCUT2D eigenvalue weighted by Crippen LogP contribution is -2.25. The zero-order valence-electron chi connectivity index (χ0n) is 19.5. The molecular formula is C25H50O4. The fraction of sp³-hybridized carbons (Fsp3) is 0.960. The van der Waals surface area contributed by atoms with Crippen LogP contribution in [0.5, 0.6) is 0 Å². The molecule has 0 amide bonds. The van der Waals surface area contributed by atoms with Gasteiger partial charge < -0.3 is 14.9 Å². The summed E-state index contributed by atoms with van der Waals surface area (Å²) in [6, 6.07) is 0. The van der Waals surface area contributed by atoms with Crippen molar-refractivity contribution in [3.8, 4) is 0 Å². The molecule has 0 rings (SSSR count). The average molecular weight is 415 g/mol. The molecule has 0 bridgehead atoms. The minimum absolute atomic E-state index is 0.0927. The van der Waals surface area contributed by atoms with Crippen molar-refractivity contribution in [2.75, 3.05) is 7.11 Å². The second kappa shape index (κ2) is 22.1. The van der Waals surface area contributed by atoms with Gasteiger partial charge in [-0.15, -0.1) is 0 Å². The maximum atomic E-state index is 11.0. The van der Waals surface area contributed by atoms with Gasteiger partial charge in [0.2, 0.25) is 0 Å². The van der Waals surface area contributed by atoms with Crippen LogP contribution in [-0.4, -0.2) is 35.5 Å². The smallest absolute Gasteiger partial charge is 0.305 e. The number of carbonyl (C=O) groups excluding carboxylic acids is 1. The third-order valence-electron chi connectivity index (χ3n) is 5.91. The van der Waals surface area contributed by atoms with E-state index in [4.69, 9.17) is 0 Å². The highest BCUT2D eigenvalue weighted by Crippen LogP contribution is 2.16. The largest absolute Gasteiger partial charge is 0.469 e. The summed E-state index contributed by atoms with van der Waals surface area (Å²) in [6.45, 7) is 2.22.